The molecule has 3 rings (SSSR count). The molecular weight excluding hydrogens is 276 g/mol. The predicted molar refractivity (Wildman–Crippen MR) is 93.0 cm³/mol. The summed E-state index contributed by atoms with van der Waals surface area (Å²) in [6.07, 6.45) is 0. The summed E-state index contributed by atoms with van der Waals surface area (Å²) < 4.78 is 1.32. The molecule has 0 amide bonds. The predicted octanol–water partition coefficient (Wildman–Crippen LogP) is 4.30. The number of thiophene rings is 1. The fourth-order valence-corrected chi connectivity index (χ4v) is 3.71. The second-order valence-electron chi connectivity index (χ2n) is 5.40. The van der Waals surface area contributed by atoms with Gasteiger partial charge < -0.3 is 10.6 Å². The van der Waals surface area contributed by atoms with Crippen LogP contribution in [0.4, 0.5) is 5.69 Å². The van der Waals surface area contributed by atoms with Gasteiger partial charge in [-0.2, -0.15) is 0 Å². The summed E-state index contributed by atoms with van der Waals surface area (Å²) >= 11 is 1.81. The number of hydrogen-bond donors (Lipinski definition) is 1. The van der Waals surface area contributed by atoms with E-state index in [9.17, 15) is 0 Å². The molecule has 3 aromatic rings. The summed E-state index contributed by atoms with van der Waals surface area (Å²) in [5, 5.41) is 1.34. The molecule has 0 aliphatic rings. The van der Waals surface area contributed by atoms with E-state index in [1.54, 1.807) is 0 Å². The number of nitrogens with zero attached hydrogens (tertiary/aromatic N) is 1. The number of nitrogens with two attached hydrogens (primary N) is 1. The quantitative estimate of drug-likeness (QED) is 0.777. The highest BCUT2D eigenvalue weighted by Gasteiger charge is 2.13. The first-order valence-electron chi connectivity index (χ1n) is 7.16. The van der Waals surface area contributed by atoms with E-state index in [0.717, 1.165) is 6.54 Å². The van der Waals surface area contributed by atoms with Gasteiger partial charge in [-0.15, -0.1) is 11.3 Å². The van der Waals surface area contributed by atoms with Crippen LogP contribution in [0.5, 0.6) is 0 Å². The van der Waals surface area contributed by atoms with Gasteiger partial charge in [-0.05, 0) is 36.1 Å². The summed E-state index contributed by atoms with van der Waals surface area (Å²) in [4.78, 5) is 3.57. The highest BCUT2D eigenvalue weighted by atomic mass is 32.1. The lowest BCUT2D eigenvalue weighted by molar-refractivity contribution is 0.913. The van der Waals surface area contributed by atoms with Gasteiger partial charge in [0.2, 0.25) is 0 Å². The van der Waals surface area contributed by atoms with Crippen molar-refractivity contribution in [3.05, 3.63) is 64.5 Å². The molecule has 2 aromatic carbocycles. The number of benzene rings is 2. The SMILES string of the molecule is Cc1ccc(N(C)Cc2c(CN)sc3ccccc23)cc1. The van der Waals surface area contributed by atoms with Crippen LogP contribution in [0, 0.1) is 6.92 Å². The van der Waals surface area contributed by atoms with Crippen molar-refractivity contribution in [1.29, 1.82) is 0 Å². The zero-order valence-electron chi connectivity index (χ0n) is 12.5. The number of hydrogen-bond acceptors (Lipinski definition) is 3. The van der Waals surface area contributed by atoms with E-state index in [1.807, 2.05) is 11.3 Å². The van der Waals surface area contributed by atoms with Gasteiger partial charge in [0.05, 0.1) is 0 Å². The molecule has 0 radical (unpaired) electrons. The van der Waals surface area contributed by atoms with Crippen LogP contribution in [0.1, 0.15) is 16.0 Å². The van der Waals surface area contributed by atoms with Gasteiger partial charge in [0.25, 0.3) is 0 Å². The molecule has 1 aromatic heterocycles. The molecule has 2 nitrogen and oxygen atoms in total. The normalized spacial score (nSPS) is 11.0. The molecule has 0 aliphatic carbocycles. The average molecular weight is 296 g/mol. The minimum absolute atomic E-state index is 0.608. The molecule has 2 N–H and O–H groups in total. The van der Waals surface area contributed by atoms with Gasteiger partial charge in [0, 0.05) is 35.4 Å². The molecule has 0 fully saturated rings. The second kappa shape index (κ2) is 5.88. The molecule has 0 spiro atoms. The van der Waals surface area contributed by atoms with Crippen molar-refractivity contribution in [3.63, 3.8) is 0 Å². The maximum Gasteiger partial charge on any atom is 0.0443 e. The Kier molecular flexibility index (Phi) is 3.95. The Morgan fingerprint density at radius 1 is 1.05 bits per heavy atom. The Hall–Kier alpha value is -1.84. The van der Waals surface area contributed by atoms with Gasteiger partial charge >= 0.3 is 0 Å². The fraction of sp³-hybridized carbons (Fsp3) is 0.222. The van der Waals surface area contributed by atoms with Gasteiger partial charge in [-0.3, -0.25) is 0 Å². The Morgan fingerprint density at radius 3 is 2.48 bits per heavy atom. The zero-order valence-corrected chi connectivity index (χ0v) is 13.3. The minimum atomic E-state index is 0.608. The molecular formula is C18H20N2S. The summed E-state index contributed by atoms with van der Waals surface area (Å²) in [5.41, 5.74) is 9.83. The lowest BCUT2D eigenvalue weighted by Crippen LogP contribution is -2.17. The van der Waals surface area contributed by atoms with E-state index in [4.69, 9.17) is 5.73 Å². The first kappa shape index (κ1) is 14.1. The standard InChI is InChI=1S/C18H20N2S/c1-13-7-9-14(10-8-13)20(2)12-16-15-5-3-4-6-17(15)21-18(16)11-19/h3-10H,11-12,19H2,1-2H3. The Bertz CT molecular complexity index is 744. The van der Waals surface area contributed by atoms with Crippen molar-refractivity contribution in [2.75, 3.05) is 11.9 Å². The Balaban J connectivity index is 1.95. The molecule has 3 heteroatoms. The molecule has 0 aliphatic heterocycles. The van der Waals surface area contributed by atoms with Crippen LogP contribution < -0.4 is 10.6 Å². The average Bonchev–Trinajstić information content (AvgIpc) is 2.86. The highest BCUT2D eigenvalue weighted by Crippen LogP contribution is 2.32. The van der Waals surface area contributed by atoms with Crippen LogP contribution in [-0.4, -0.2) is 7.05 Å². The maximum absolute atomic E-state index is 5.94. The Morgan fingerprint density at radius 2 is 1.76 bits per heavy atom. The third-order valence-corrected chi connectivity index (χ3v) is 5.07. The first-order chi connectivity index (χ1) is 10.2. The van der Waals surface area contributed by atoms with E-state index in [1.165, 1.54) is 31.8 Å². The van der Waals surface area contributed by atoms with E-state index < -0.39 is 0 Å². The molecule has 21 heavy (non-hydrogen) atoms. The van der Waals surface area contributed by atoms with Crippen molar-refractivity contribution in [3.8, 4) is 0 Å². The van der Waals surface area contributed by atoms with Crippen LogP contribution in [0.3, 0.4) is 0 Å². The molecule has 0 atom stereocenters. The first-order valence-corrected chi connectivity index (χ1v) is 7.98. The zero-order chi connectivity index (χ0) is 14.8. The van der Waals surface area contributed by atoms with Crippen LogP contribution in [-0.2, 0) is 13.1 Å². The minimum Gasteiger partial charge on any atom is -0.370 e. The summed E-state index contributed by atoms with van der Waals surface area (Å²) in [5.74, 6) is 0. The molecule has 0 bridgehead atoms. The van der Waals surface area contributed by atoms with Crippen molar-refractivity contribution in [1.82, 2.24) is 0 Å². The lowest BCUT2D eigenvalue weighted by Gasteiger charge is -2.20. The van der Waals surface area contributed by atoms with Gasteiger partial charge in [0.1, 0.15) is 0 Å². The Labute approximate surface area is 129 Å². The van der Waals surface area contributed by atoms with Crippen molar-refractivity contribution >= 4 is 27.1 Å². The summed E-state index contributed by atoms with van der Waals surface area (Å²) in [7, 11) is 2.14. The van der Waals surface area contributed by atoms with Gasteiger partial charge in [-0.1, -0.05) is 35.9 Å². The van der Waals surface area contributed by atoms with Gasteiger partial charge in [-0.25, -0.2) is 0 Å². The maximum atomic E-state index is 5.94. The number of aryl methyl sites for hydroxylation is 1. The number of rotatable bonds is 4. The van der Waals surface area contributed by atoms with Crippen LogP contribution >= 0.6 is 11.3 Å². The van der Waals surface area contributed by atoms with Gasteiger partial charge in [0.15, 0.2) is 0 Å². The third-order valence-electron chi connectivity index (χ3n) is 3.84. The van der Waals surface area contributed by atoms with Crippen molar-refractivity contribution < 1.29 is 0 Å². The number of anilines is 1. The van der Waals surface area contributed by atoms with Crippen LogP contribution in [0.25, 0.3) is 10.1 Å². The van der Waals surface area contributed by atoms with E-state index in [2.05, 4.69) is 67.4 Å². The summed E-state index contributed by atoms with van der Waals surface area (Å²) in [6.45, 7) is 3.61. The van der Waals surface area contributed by atoms with E-state index in [0.29, 0.717) is 6.54 Å². The fourth-order valence-electron chi connectivity index (χ4n) is 2.62. The van der Waals surface area contributed by atoms with Crippen molar-refractivity contribution in [2.24, 2.45) is 5.73 Å². The smallest absolute Gasteiger partial charge is 0.0443 e. The van der Waals surface area contributed by atoms with Crippen LogP contribution in [0.15, 0.2) is 48.5 Å². The highest BCUT2D eigenvalue weighted by molar-refractivity contribution is 7.19. The monoisotopic (exact) mass is 296 g/mol. The molecule has 1 heterocycles. The summed E-state index contributed by atoms with van der Waals surface area (Å²) in [6, 6.07) is 17.2. The molecule has 108 valence electrons. The third kappa shape index (κ3) is 2.80. The molecule has 0 saturated carbocycles. The van der Waals surface area contributed by atoms with Crippen LogP contribution in [0.2, 0.25) is 0 Å². The topological polar surface area (TPSA) is 29.3 Å². The second-order valence-corrected chi connectivity index (χ2v) is 6.53. The van der Waals surface area contributed by atoms with E-state index in [-0.39, 0.29) is 0 Å². The number of fused-ring (bicyclic) bond motifs is 1. The molecule has 0 saturated heterocycles. The molecule has 0 unspecified atom stereocenters. The van der Waals surface area contributed by atoms with E-state index >= 15 is 0 Å². The lowest BCUT2D eigenvalue weighted by atomic mass is 10.1. The van der Waals surface area contributed by atoms with Crippen molar-refractivity contribution in [2.45, 2.75) is 20.0 Å². The largest absolute Gasteiger partial charge is 0.370 e.